The summed E-state index contributed by atoms with van der Waals surface area (Å²) < 4.78 is 1.72. The van der Waals surface area contributed by atoms with Gasteiger partial charge in [0.05, 0.1) is 11.7 Å². The van der Waals surface area contributed by atoms with Crippen LogP contribution in [0.4, 0.5) is 11.6 Å². The Kier molecular flexibility index (Phi) is 5.22. The molecule has 0 bridgehead atoms. The van der Waals surface area contributed by atoms with Crippen molar-refractivity contribution in [3.8, 4) is 11.4 Å². The second kappa shape index (κ2) is 7.98. The number of nitrogens with zero attached hydrogens (tertiary/aromatic N) is 4. The normalized spacial score (nSPS) is 11.2. The Bertz CT molecular complexity index is 1190. The molecule has 2 aromatic carbocycles. The van der Waals surface area contributed by atoms with Gasteiger partial charge in [-0.25, -0.2) is 4.68 Å². The van der Waals surface area contributed by atoms with Gasteiger partial charge in [-0.3, -0.25) is 9.89 Å². The van der Waals surface area contributed by atoms with Gasteiger partial charge < -0.3 is 10.6 Å². The number of anilines is 2. The Labute approximate surface area is 174 Å². The van der Waals surface area contributed by atoms with E-state index < -0.39 is 0 Å². The van der Waals surface area contributed by atoms with Crippen molar-refractivity contribution in [2.45, 2.75) is 33.2 Å². The first kappa shape index (κ1) is 19.6. The van der Waals surface area contributed by atoms with Gasteiger partial charge >= 0.3 is 0 Å². The first-order chi connectivity index (χ1) is 14.5. The molecule has 0 unspecified atom stereocenters. The second-order valence-corrected chi connectivity index (χ2v) is 7.49. The molecule has 3 N–H and O–H groups in total. The number of carbonyl (C=O) groups excluding carboxylic acids is 1. The van der Waals surface area contributed by atoms with Gasteiger partial charge in [0.15, 0.2) is 5.82 Å². The molecule has 0 aliphatic carbocycles. The smallest absolute Gasteiger partial charge is 0.251 e. The molecule has 4 aromatic rings. The van der Waals surface area contributed by atoms with Crippen molar-refractivity contribution in [3.05, 3.63) is 53.7 Å². The van der Waals surface area contributed by atoms with E-state index in [1.165, 1.54) is 5.56 Å². The highest BCUT2D eigenvalue weighted by Gasteiger charge is 2.14. The fourth-order valence-corrected chi connectivity index (χ4v) is 3.43. The van der Waals surface area contributed by atoms with E-state index in [-0.39, 0.29) is 11.9 Å². The van der Waals surface area contributed by atoms with E-state index in [0.29, 0.717) is 17.3 Å². The van der Waals surface area contributed by atoms with E-state index in [9.17, 15) is 4.79 Å². The zero-order valence-electron chi connectivity index (χ0n) is 17.5. The Morgan fingerprint density at radius 3 is 2.63 bits per heavy atom. The molecular formula is C22H25N7O. The average Bonchev–Trinajstić information content (AvgIpc) is 3.34. The van der Waals surface area contributed by atoms with Gasteiger partial charge in [0.2, 0.25) is 5.95 Å². The third-order valence-corrected chi connectivity index (χ3v) is 4.92. The molecule has 0 fully saturated rings. The first-order valence-electron chi connectivity index (χ1n) is 10.0. The van der Waals surface area contributed by atoms with Crippen molar-refractivity contribution in [3.63, 3.8) is 0 Å². The van der Waals surface area contributed by atoms with Gasteiger partial charge in [0, 0.05) is 35.3 Å². The average molecular weight is 403 g/mol. The number of aromatic amines is 1. The lowest BCUT2D eigenvalue weighted by Crippen LogP contribution is -2.29. The zero-order valence-corrected chi connectivity index (χ0v) is 17.5. The van der Waals surface area contributed by atoms with E-state index in [1.54, 1.807) is 16.8 Å². The summed E-state index contributed by atoms with van der Waals surface area (Å²) >= 11 is 0. The van der Waals surface area contributed by atoms with Crippen LogP contribution in [0.2, 0.25) is 0 Å². The van der Waals surface area contributed by atoms with Crippen LogP contribution in [0.15, 0.2) is 42.6 Å². The van der Waals surface area contributed by atoms with Crippen molar-refractivity contribution in [2.24, 2.45) is 7.05 Å². The standard InChI is InChI=1S/C22H25N7O/c1-5-16-17-12-23-27-19(17)11-10-18(16)25-22-26-20(28-29(22)4)14-6-8-15(9-7-14)21(30)24-13(2)3/h6-13H,5H2,1-4H3,(H,23,27)(H,24,30)(H,25,26,28). The number of carbonyl (C=O) groups is 1. The maximum absolute atomic E-state index is 12.1. The van der Waals surface area contributed by atoms with E-state index in [0.717, 1.165) is 28.6 Å². The largest absolute Gasteiger partial charge is 0.350 e. The van der Waals surface area contributed by atoms with Crippen LogP contribution >= 0.6 is 0 Å². The summed E-state index contributed by atoms with van der Waals surface area (Å²) in [4.78, 5) is 16.8. The van der Waals surface area contributed by atoms with Crippen LogP contribution in [-0.4, -0.2) is 36.9 Å². The minimum absolute atomic E-state index is 0.0883. The van der Waals surface area contributed by atoms with Crippen molar-refractivity contribution in [2.75, 3.05) is 5.32 Å². The van der Waals surface area contributed by atoms with Crippen LogP contribution in [0.5, 0.6) is 0 Å². The first-order valence-corrected chi connectivity index (χ1v) is 10.0. The molecule has 0 aliphatic rings. The maximum atomic E-state index is 12.1. The summed E-state index contributed by atoms with van der Waals surface area (Å²) in [7, 11) is 1.85. The van der Waals surface area contributed by atoms with E-state index >= 15 is 0 Å². The number of aryl methyl sites for hydroxylation is 2. The summed E-state index contributed by atoms with van der Waals surface area (Å²) in [6, 6.07) is 11.4. The third kappa shape index (κ3) is 3.76. The molecule has 154 valence electrons. The number of amides is 1. The summed E-state index contributed by atoms with van der Waals surface area (Å²) in [5, 5.41) is 19.1. The molecule has 0 atom stereocenters. The van der Waals surface area contributed by atoms with Gasteiger partial charge in [-0.05, 0) is 50.1 Å². The number of hydrogen-bond donors (Lipinski definition) is 3. The lowest BCUT2D eigenvalue weighted by Gasteiger charge is -2.10. The molecule has 0 radical (unpaired) electrons. The predicted octanol–water partition coefficient (Wildman–Crippen LogP) is 3.80. The monoisotopic (exact) mass is 403 g/mol. The van der Waals surface area contributed by atoms with Crippen LogP contribution in [0.25, 0.3) is 22.3 Å². The predicted molar refractivity (Wildman–Crippen MR) is 118 cm³/mol. The fourth-order valence-electron chi connectivity index (χ4n) is 3.43. The molecule has 0 saturated carbocycles. The van der Waals surface area contributed by atoms with Gasteiger partial charge in [0.1, 0.15) is 0 Å². The summed E-state index contributed by atoms with van der Waals surface area (Å²) in [5.74, 6) is 1.15. The number of nitrogens with one attached hydrogen (secondary N) is 3. The van der Waals surface area contributed by atoms with Gasteiger partial charge in [-0.1, -0.05) is 19.1 Å². The van der Waals surface area contributed by atoms with Crippen molar-refractivity contribution >= 4 is 28.4 Å². The Morgan fingerprint density at radius 2 is 1.93 bits per heavy atom. The number of fused-ring (bicyclic) bond motifs is 1. The summed E-state index contributed by atoms with van der Waals surface area (Å²) in [6.45, 7) is 5.99. The van der Waals surface area contributed by atoms with Gasteiger partial charge in [-0.15, -0.1) is 5.10 Å². The topological polar surface area (TPSA) is 101 Å². The Hall–Kier alpha value is -3.68. The molecule has 2 aromatic heterocycles. The summed E-state index contributed by atoms with van der Waals surface area (Å²) in [5.41, 5.74) is 4.63. The Balaban J connectivity index is 1.59. The minimum atomic E-state index is -0.0883. The lowest BCUT2D eigenvalue weighted by atomic mass is 10.1. The molecule has 8 heteroatoms. The molecule has 8 nitrogen and oxygen atoms in total. The van der Waals surface area contributed by atoms with Crippen LogP contribution in [-0.2, 0) is 13.5 Å². The highest BCUT2D eigenvalue weighted by molar-refractivity contribution is 5.94. The highest BCUT2D eigenvalue weighted by atomic mass is 16.1. The van der Waals surface area contributed by atoms with Gasteiger partial charge in [0.25, 0.3) is 5.91 Å². The van der Waals surface area contributed by atoms with E-state index in [2.05, 4.69) is 37.8 Å². The molecule has 30 heavy (non-hydrogen) atoms. The number of hydrogen-bond acceptors (Lipinski definition) is 5. The molecule has 0 aliphatic heterocycles. The van der Waals surface area contributed by atoms with Crippen LogP contribution < -0.4 is 10.6 Å². The molecule has 0 spiro atoms. The third-order valence-electron chi connectivity index (χ3n) is 4.92. The van der Waals surface area contributed by atoms with Gasteiger partial charge in [-0.2, -0.15) is 10.1 Å². The molecular weight excluding hydrogens is 378 g/mol. The highest BCUT2D eigenvalue weighted by Crippen LogP contribution is 2.28. The lowest BCUT2D eigenvalue weighted by molar-refractivity contribution is 0.0943. The van der Waals surface area contributed by atoms with Crippen molar-refractivity contribution in [1.82, 2.24) is 30.3 Å². The minimum Gasteiger partial charge on any atom is -0.350 e. The number of benzene rings is 2. The maximum Gasteiger partial charge on any atom is 0.251 e. The quantitative estimate of drug-likeness (QED) is 0.455. The van der Waals surface area contributed by atoms with Crippen LogP contribution in [0.3, 0.4) is 0 Å². The molecule has 2 heterocycles. The number of rotatable bonds is 6. The number of H-pyrrole nitrogens is 1. The molecule has 4 rings (SSSR count). The number of aromatic nitrogens is 5. The second-order valence-electron chi connectivity index (χ2n) is 7.49. The van der Waals surface area contributed by atoms with Crippen molar-refractivity contribution < 1.29 is 4.79 Å². The van der Waals surface area contributed by atoms with Crippen LogP contribution in [0, 0.1) is 0 Å². The van der Waals surface area contributed by atoms with E-state index in [4.69, 9.17) is 0 Å². The van der Waals surface area contributed by atoms with E-state index in [1.807, 2.05) is 51.4 Å². The summed E-state index contributed by atoms with van der Waals surface area (Å²) in [6.07, 6.45) is 2.71. The SMILES string of the molecule is CCc1c(Nc2nc(-c3ccc(C(=O)NC(C)C)cc3)nn2C)ccc2[nH]ncc12. The molecule has 1 amide bonds. The fraction of sp³-hybridized carbons (Fsp3) is 0.273. The Morgan fingerprint density at radius 1 is 1.17 bits per heavy atom. The zero-order chi connectivity index (χ0) is 21.3. The molecule has 0 saturated heterocycles. The van der Waals surface area contributed by atoms with Crippen molar-refractivity contribution in [1.29, 1.82) is 0 Å². The van der Waals surface area contributed by atoms with Crippen LogP contribution in [0.1, 0.15) is 36.7 Å².